The van der Waals surface area contributed by atoms with E-state index in [1.165, 1.54) is 16.2 Å². The SMILES string of the molecule is CCc1ccc(C(=O)COc2cccc(OC)c2)s1. The third-order valence-electron chi connectivity index (χ3n) is 2.70. The molecule has 0 N–H and O–H groups in total. The number of benzene rings is 1. The highest BCUT2D eigenvalue weighted by Gasteiger charge is 2.10. The lowest BCUT2D eigenvalue weighted by Crippen LogP contribution is -2.10. The number of ether oxygens (including phenoxy) is 2. The molecule has 0 saturated carbocycles. The molecule has 1 aromatic carbocycles. The summed E-state index contributed by atoms with van der Waals surface area (Å²) in [7, 11) is 1.60. The molecule has 2 aromatic rings. The van der Waals surface area contributed by atoms with Crippen molar-refractivity contribution in [3.8, 4) is 11.5 Å². The van der Waals surface area contributed by atoms with E-state index in [0.717, 1.165) is 11.3 Å². The quantitative estimate of drug-likeness (QED) is 0.756. The minimum absolute atomic E-state index is 0.00696. The molecule has 0 unspecified atom stereocenters. The lowest BCUT2D eigenvalue weighted by atomic mass is 10.3. The molecule has 0 fully saturated rings. The van der Waals surface area contributed by atoms with Crippen LogP contribution in [0.1, 0.15) is 21.5 Å². The van der Waals surface area contributed by atoms with Gasteiger partial charge in [0.1, 0.15) is 11.5 Å². The topological polar surface area (TPSA) is 35.5 Å². The van der Waals surface area contributed by atoms with Crippen LogP contribution in [0.2, 0.25) is 0 Å². The van der Waals surface area contributed by atoms with E-state index in [0.29, 0.717) is 11.5 Å². The van der Waals surface area contributed by atoms with Gasteiger partial charge < -0.3 is 9.47 Å². The van der Waals surface area contributed by atoms with Crippen molar-refractivity contribution in [2.24, 2.45) is 0 Å². The van der Waals surface area contributed by atoms with Gasteiger partial charge in [0, 0.05) is 10.9 Å². The molecule has 2 rings (SSSR count). The van der Waals surface area contributed by atoms with E-state index < -0.39 is 0 Å². The monoisotopic (exact) mass is 276 g/mol. The average Bonchev–Trinajstić information content (AvgIpc) is 2.94. The Labute approximate surface area is 116 Å². The van der Waals surface area contributed by atoms with Gasteiger partial charge in [-0.15, -0.1) is 11.3 Å². The normalized spacial score (nSPS) is 10.2. The molecule has 0 bridgehead atoms. The van der Waals surface area contributed by atoms with Gasteiger partial charge in [0.2, 0.25) is 5.78 Å². The number of carbonyl (C=O) groups excluding carboxylic acids is 1. The van der Waals surface area contributed by atoms with Crippen LogP contribution < -0.4 is 9.47 Å². The van der Waals surface area contributed by atoms with E-state index in [1.807, 2.05) is 30.3 Å². The Morgan fingerprint density at radius 2 is 2.00 bits per heavy atom. The molecule has 0 aliphatic carbocycles. The highest BCUT2D eigenvalue weighted by atomic mass is 32.1. The summed E-state index contributed by atoms with van der Waals surface area (Å²) in [6.07, 6.45) is 0.953. The molecule has 0 amide bonds. The smallest absolute Gasteiger partial charge is 0.210 e. The van der Waals surface area contributed by atoms with Crippen molar-refractivity contribution in [3.05, 3.63) is 46.2 Å². The molecular formula is C15H16O3S. The molecule has 100 valence electrons. The van der Waals surface area contributed by atoms with Gasteiger partial charge in [0.25, 0.3) is 0 Å². The van der Waals surface area contributed by atoms with Crippen molar-refractivity contribution in [2.75, 3.05) is 13.7 Å². The third-order valence-corrected chi connectivity index (χ3v) is 3.97. The summed E-state index contributed by atoms with van der Waals surface area (Å²) < 4.78 is 10.6. The molecule has 0 saturated heterocycles. The Bertz CT molecular complexity index is 560. The Morgan fingerprint density at radius 1 is 1.21 bits per heavy atom. The first-order chi connectivity index (χ1) is 9.22. The fraction of sp³-hybridized carbons (Fsp3) is 0.267. The summed E-state index contributed by atoms with van der Waals surface area (Å²) in [4.78, 5) is 13.9. The summed E-state index contributed by atoms with van der Waals surface area (Å²) in [6, 6.07) is 11.1. The van der Waals surface area contributed by atoms with Crippen molar-refractivity contribution < 1.29 is 14.3 Å². The van der Waals surface area contributed by atoms with Gasteiger partial charge in [0.05, 0.1) is 12.0 Å². The minimum atomic E-state index is 0.00696. The van der Waals surface area contributed by atoms with Crippen LogP contribution in [-0.2, 0) is 6.42 Å². The molecule has 3 nitrogen and oxygen atoms in total. The molecule has 0 spiro atoms. The lowest BCUT2D eigenvalue weighted by Gasteiger charge is -2.06. The number of rotatable bonds is 6. The van der Waals surface area contributed by atoms with Crippen LogP contribution >= 0.6 is 11.3 Å². The largest absolute Gasteiger partial charge is 0.497 e. The van der Waals surface area contributed by atoms with Gasteiger partial charge in [-0.25, -0.2) is 0 Å². The molecule has 0 aliphatic heterocycles. The van der Waals surface area contributed by atoms with Gasteiger partial charge >= 0.3 is 0 Å². The predicted molar refractivity (Wildman–Crippen MR) is 76.5 cm³/mol. The lowest BCUT2D eigenvalue weighted by molar-refractivity contribution is 0.0925. The fourth-order valence-electron chi connectivity index (χ4n) is 1.63. The summed E-state index contributed by atoms with van der Waals surface area (Å²) in [5.41, 5.74) is 0. The Kier molecular flexibility index (Phi) is 4.58. The van der Waals surface area contributed by atoms with Crippen molar-refractivity contribution >= 4 is 17.1 Å². The highest BCUT2D eigenvalue weighted by Crippen LogP contribution is 2.20. The van der Waals surface area contributed by atoms with E-state index in [1.54, 1.807) is 13.2 Å². The predicted octanol–water partition coefficient (Wildman–Crippen LogP) is 3.58. The summed E-state index contributed by atoms with van der Waals surface area (Å²) in [5.74, 6) is 1.36. The minimum Gasteiger partial charge on any atom is -0.497 e. The Morgan fingerprint density at radius 3 is 2.68 bits per heavy atom. The standard InChI is InChI=1S/C15H16O3S/c1-3-13-7-8-15(19-13)14(16)10-18-12-6-4-5-11(9-12)17-2/h4-9H,3,10H2,1-2H3. The van der Waals surface area contributed by atoms with Gasteiger partial charge in [-0.1, -0.05) is 13.0 Å². The third kappa shape index (κ3) is 3.58. The van der Waals surface area contributed by atoms with Crippen molar-refractivity contribution in [1.29, 1.82) is 0 Å². The van der Waals surface area contributed by atoms with Crippen molar-refractivity contribution in [2.45, 2.75) is 13.3 Å². The van der Waals surface area contributed by atoms with Gasteiger partial charge in [-0.3, -0.25) is 4.79 Å². The molecule has 4 heteroatoms. The van der Waals surface area contributed by atoms with Crippen LogP contribution in [0.15, 0.2) is 36.4 Å². The number of aryl methyl sites for hydroxylation is 1. The molecule has 0 radical (unpaired) electrons. The fourth-order valence-corrected chi connectivity index (χ4v) is 2.50. The number of ketones is 1. The molecule has 1 aromatic heterocycles. The van der Waals surface area contributed by atoms with Gasteiger partial charge in [-0.2, -0.15) is 0 Å². The van der Waals surface area contributed by atoms with E-state index in [9.17, 15) is 4.79 Å². The Balaban J connectivity index is 1.96. The number of carbonyl (C=O) groups is 1. The van der Waals surface area contributed by atoms with Crippen LogP contribution in [0.5, 0.6) is 11.5 Å². The van der Waals surface area contributed by atoms with Gasteiger partial charge in [0.15, 0.2) is 6.61 Å². The van der Waals surface area contributed by atoms with Crippen molar-refractivity contribution in [3.63, 3.8) is 0 Å². The number of hydrogen-bond donors (Lipinski definition) is 0. The van der Waals surface area contributed by atoms with Crippen LogP contribution in [0.25, 0.3) is 0 Å². The first kappa shape index (κ1) is 13.6. The maximum Gasteiger partial charge on any atom is 0.210 e. The van der Waals surface area contributed by atoms with Crippen molar-refractivity contribution in [1.82, 2.24) is 0 Å². The molecule has 1 heterocycles. The molecule has 19 heavy (non-hydrogen) atoms. The van der Waals surface area contributed by atoms with Crippen LogP contribution in [0.3, 0.4) is 0 Å². The number of Topliss-reactive ketones (excluding diaryl/α,β-unsaturated/α-hetero) is 1. The zero-order chi connectivity index (χ0) is 13.7. The zero-order valence-corrected chi connectivity index (χ0v) is 11.8. The average molecular weight is 276 g/mol. The second-order valence-electron chi connectivity index (χ2n) is 4.01. The van der Waals surface area contributed by atoms with Crippen LogP contribution in [-0.4, -0.2) is 19.5 Å². The van der Waals surface area contributed by atoms with E-state index in [2.05, 4.69) is 6.92 Å². The number of thiophene rings is 1. The first-order valence-electron chi connectivity index (χ1n) is 6.11. The van der Waals surface area contributed by atoms with E-state index in [4.69, 9.17) is 9.47 Å². The maximum absolute atomic E-state index is 12.0. The van der Waals surface area contributed by atoms with E-state index >= 15 is 0 Å². The van der Waals surface area contributed by atoms with E-state index in [-0.39, 0.29) is 12.4 Å². The zero-order valence-electron chi connectivity index (χ0n) is 11.0. The first-order valence-corrected chi connectivity index (χ1v) is 6.93. The van der Waals surface area contributed by atoms with Gasteiger partial charge in [-0.05, 0) is 30.7 Å². The van der Waals surface area contributed by atoms with Crippen LogP contribution in [0, 0.1) is 0 Å². The summed E-state index contributed by atoms with van der Waals surface area (Å²) in [5, 5.41) is 0. The number of hydrogen-bond acceptors (Lipinski definition) is 4. The second kappa shape index (κ2) is 6.38. The Hall–Kier alpha value is -1.81. The summed E-state index contributed by atoms with van der Waals surface area (Å²) >= 11 is 1.53. The molecular weight excluding hydrogens is 260 g/mol. The number of methoxy groups -OCH3 is 1. The van der Waals surface area contributed by atoms with Crippen LogP contribution in [0.4, 0.5) is 0 Å². The molecule has 0 aliphatic rings. The second-order valence-corrected chi connectivity index (χ2v) is 5.18. The molecule has 0 atom stereocenters. The highest BCUT2D eigenvalue weighted by molar-refractivity contribution is 7.14. The maximum atomic E-state index is 12.0. The summed E-state index contributed by atoms with van der Waals surface area (Å²) in [6.45, 7) is 2.13.